The molecular formula is C14H19N3O3. The average Bonchev–Trinajstić information content (AvgIpc) is 3.11. The van der Waals surface area contributed by atoms with E-state index in [1.54, 1.807) is 21.3 Å². The zero-order chi connectivity index (χ0) is 14.1. The van der Waals surface area contributed by atoms with Gasteiger partial charge in [0.25, 0.3) is 0 Å². The molecule has 1 aliphatic rings. The van der Waals surface area contributed by atoms with Crippen molar-refractivity contribution in [1.82, 2.24) is 15.3 Å². The zero-order valence-corrected chi connectivity index (χ0v) is 11.9. The maximum Gasteiger partial charge on any atom is 0.163 e. The van der Waals surface area contributed by atoms with E-state index in [2.05, 4.69) is 15.3 Å². The molecule has 2 atom stereocenters. The molecule has 2 heterocycles. The molecule has 0 aliphatic carbocycles. The van der Waals surface area contributed by atoms with E-state index < -0.39 is 0 Å². The van der Waals surface area contributed by atoms with Gasteiger partial charge in [-0.25, -0.2) is 4.98 Å². The minimum absolute atomic E-state index is 0.198. The van der Waals surface area contributed by atoms with E-state index in [4.69, 9.17) is 14.2 Å². The fraction of sp³-hybridized carbons (Fsp3) is 0.500. The molecule has 3 rings (SSSR count). The highest BCUT2D eigenvalue weighted by Crippen LogP contribution is 2.32. The predicted molar refractivity (Wildman–Crippen MR) is 75.4 cm³/mol. The Morgan fingerprint density at radius 2 is 1.90 bits per heavy atom. The quantitative estimate of drug-likeness (QED) is 0.889. The number of hydrogen-bond donors (Lipinski definition) is 2. The van der Waals surface area contributed by atoms with Gasteiger partial charge in [0.1, 0.15) is 5.82 Å². The lowest BCUT2D eigenvalue weighted by molar-refractivity contribution is 0.117. The Labute approximate surface area is 117 Å². The molecule has 0 amide bonds. The number of imidazole rings is 1. The first-order valence-electron chi connectivity index (χ1n) is 6.63. The Balaban J connectivity index is 1.94. The molecule has 1 aliphatic heterocycles. The standard InChI is InChI=1S/C14H19N3O3/c1-18-8-4-11(15-7-8)14-16-9-5-12(19-2)13(20-3)6-10(9)17-14/h5-6,8,11,15H,4,7H2,1-3H3,(H,16,17). The van der Waals surface area contributed by atoms with Crippen LogP contribution in [0, 0.1) is 0 Å². The highest BCUT2D eigenvalue weighted by molar-refractivity contribution is 5.79. The number of rotatable bonds is 4. The largest absolute Gasteiger partial charge is 0.493 e. The number of H-pyrrole nitrogens is 1. The molecule has 108 valence electrons. The van der Waals surface area contributed by atoms with Gasteiger partial charge in [0.2, 0.25) is 0 Å². The summed E-state index contributed by atoms with van der Waals surface area (Å²) in [5.74, 6) is 2.31. The van der Waals surface area contributed by atoms with Gasteiger partial charge in [-0.2, -0.15) is 0 Å². The Morgan fingerprint density at radius 3 is 2.55 bits per heavy atom. The highest BCUT2D eigenvalue weighted by atomic mass is 16.5. The van der Waals surface area contributed by atoms with Gasteiger partial charge in [-0.1, -0.05) is 0 Å². The monoisotopic (exact) mass is 277 g/mol. The molecule has 1 aromatic carbocycles. The summed E-state index contributed by atoms with van der Waals surface area (Å²) in [6.45, 7) is 0.852. The van der Waals surface area contributed by atoms with Gasteiger partial charge in [-0.3, -0.25) is 0 Å². The van der Waals surface area contributed by atoms with E-state index in [0.717, 1.165) is 29.8 Å². The van der Waals surface area contributed by atoms with Crippen LogP contribution in [0.4, 0.5) is 0 Å². The van der Waals surface area contributed by atoms with Crippen LogP contribution in [0.2, 0.25) is 0 Å². The lowest BCUT2D eigenvalue weighted by Gasteiger charge is -2.06. The van der Waals surface area contributed by atoms with E-state index in [0.29, 0.717) is 11.5 Å². The normalized spacial score (nSPS) is 22.4. The van der Waals surface area contributed by atoms with E-state index in [-0.39, 0.29) is 12.1 Å². The average molecular weight is 277 g/mol. The molecule has 0 radical (unpaired) electrons. The number of methoxy groups -OCH3 is 3. The van der Waals surface area contributed by atoms with E-state index in [9.17, 15) is 0 Å². The van der Waals surface area contributed by atoms with Crippen LogP contribution in [0.25, 0.3) is 11.0 Å². The van der Waals surface area contributed by atoms with Gasteiger partial charge >= 0.3 is 0 Å². The molecule has 2 unspecified atom stereocenters. The molecule has 2 aromatic rings. The van der Waals surface area contributed by atoms with Crippen molar-refractivity contribution < 1.29 is 14.2 Å². The molecule has 0 spiro atoms. The summed E-state index contributed by atoms with van der Waals surface area (Å²) in [4.78, 5) is 7.98. The van der Waals surface area contributed by atoms with Gasteiger partial charge in [0.15, 0.2) is 11.5 Å². The SMILES string of the molecule is COc1cc2nc(C3CC(OC)CN3)[nH]c2cc1OC. The van der Waals surface area contributed by atoms with Crippen LogP contribution in [-0.4, -0.2) is 43.9 Å². The molecule has 0 bridgehead atoms. The Kier molecular flexibility index (Phi) is 3.50. The Bertz CT molecular complexity index is 570. The number of nitrogens with zero attached hydrogens (tertiary/aromatic N) is 1. The number of fused-ring (bicyclic) bond motifs is 1. The minimum atomic E-state index is 0.198. The van der Waals surface area contributed by atoms with Gasteiger partial charge in [-0.15, -0.1) is 0 Å². The minimum Gasteiger partial charge on any atom is -0.493 e. The fourth-order valence-electron chi connectivity index (χ4n) is 2.61. The predicted octanol–water partition coefficient (Wildman–Crippen LogP) is 1.63. The maximum absolute atomic E-state index is 5.37. The summed E-state index contributed by atoms with van der Waals surface area (Å²) < 4.78 is 16.0. The summed E-state index contributed by atoms with van der Waals surface area (Å²) in [6, 6.07) is 3.99. The van der Waals surface area contributed by atoms with E-state index >= 15 is 0 Å². The topological polar surface area (TPSA) is 68.4 Å². The number of hydrogen-bond acceptors (Lipinski definition) is 5. The molecule has 1 saturated heterocycles. The van der Waals surface area contributed by atoms with Gasteiger partial charge in [0.05, 0.1) is 37.4 Å². The van der Waals surface area contributed by atoms with Gasteiger partial charge in [-0.05, 0) is 6.42 Å². The Morgan fingerprint density at radius 1 is 1.15 bits per heavy atom. The van der Waals surface area contributed by atoms with E-state index in [1.807, 2.05) is 12.1 Å². The third-order valence-electron chi connectivity index (χ3n) is 3.76. The number of nitrogens with one attached hydrogen (secondary N) is 2. The third-order valence-corrected chi connectivity index (χ3v) is 3.76. The van der Waals surface area contributed by atoms with Crippen LogP contribution in [0.5, 0.6) is 11.5 Å². The summed E-state index contributed by atoms with van der Waals surface area (Å²) in [7, 11) is 4.99. The zero-order valence-electron chi connectivity index (χ0n) is 11.9. The molecular weight excluding hydrogens is 258 g/mol. The fourth-order valence-corrected chi connectivity index (χ4v) is 2.61. The van der Waals surface area contributed by atoms with Crippen LogP contribution >= 0.6 is 0 Å². The molecule has 6 nitrogen and oxygen atoms in total. The summed E-state index contributed by atoms with van der Waals surface area (Å²) >= 11 is 0. The van der Waals surface area contributed by atoms with Crippen molar-refractivity contribution in [3.63, 3.8) is 0 Å². The molecule has 2 N–H and O–H groups in total. The summed E-state index contributed by atoms with van der Waals surface area (Å²) in [5, 5.41) is 3.41. The highest BCUT2D eigenvalue weighted by Gasteiger charge is 2.27. The van der Waals surface area contributed by atoms with Gasteiger partial charge < -0.3 is 24.5 Å². The van der Waals surface area contributed by atoms with Gasteiger partial charge in [0, 0.05) is 25.8 Å². The Hall–Kier alpha value is -1.79. The molecule has 0 saturated carbocycles. The van der Waals surface area contributed by atoms with Crippen LogP contribution in [0.3, 0.4) is 0 Å². The van der Waals surface area contributed by atoms with Crippen molar-refractivity contribution in [2.45, 2.75) is 18.6 Å². The smallest absolute Gasteiger partial charge is 0.163 e. The first-order chi connectivity index (χ1) is 9.75. The van der Waals surface area contributed by atoms with Crippen LogP contribution in [0.1, 0.15) is 18.3 Å². The number of aromatic nitrogens is 2. The second kappa shape index (κ2) is 5.30. The maximum atomic E-state index is 5.37. The van der Waals surface area contributed by atoms with Crippen molar-refractivity contribution in [2.24, 2.45) is 0 Å². The van der Waals surface area contributed by atoms with E-state index in [1.165, 1.54) is 0 Å². The number of ether oxygens (including phenoxy) is 3. The lowest BCUT2D eigenvalue weighted by Crippen LogP contribution is -2.16. The van der Waals surface area contributed by atoms with Crippen LogP contribution in [-0.2, 0) is 4.74 Å². The number of aromatic amines is 1. The second-order valence-electron chi connectivity index (χ2n) is 4.90. The van der Waals surface area contributed by atoms with Crippen LogP contribution < -0.4 is 14.8 Å². The second-order valence-corrected chi connectivity index (χ2v) is 4.90. The molecule has 1 aromatic heterocycles. The van der Waals surface area contributed by atoms with Crippen molar-refractivity contribution in [3.8, 4) is 11.5 Å². The third kappa shape index (κ3) is 2.21. The van der Waals surface area contributed by atoms with Crippen molar-refractivity contribution >= 4 is 11.0 Å². The summed E-state index contributed by atoms with van der Waals surface area (Å²) in [5.41, 5.74) is 1.82. The molecule has 20 heavy (non-hydrogen) atoms. The van der Waals surface area contributed by atoms with Crippen molar-refractivity contribution in [2.75, 3.05) is 27.9 Å². The number of benzene rings is 1. The first-order valence-corrected chi connectivity index (χ1v) is 6.63. The molecule has 6 heteroatoms. The van der Waals surface area contributed by atoms with Crippen molar-refractivity contribution in [3.05, 3.63) is 18.0 Å². The molecule has 1 fully saturated rings. The van der Waals surface area contributed by atoms with Crippen LogP contribution in [0.15, 0.2) is 12.1 Å². The summed E-state index contributed by atoms with van der Waals surface area (Å²) in [6.07, 6.45) is 1.17. The first kappa shape index (κ1) is 13.2. The van der Waals surface area contributed by atoms with Crippen molar-refractivity contribution in [1.29, 1.82) is 0 Å². The lowest BCUT2D eigenvalue weighted by atomic mass is 10.2.